The van der Waals surface area contributed by atoms with Crippen molar-refractivity contribution in [3.8, 4) is 11.1 Å². The minimum atomic E-state index is -0.889. The van der Waals surface area contributed by atoms with E-state index in [9.17, 15) is 9.90 Å². The Morgan fingerprint density at radius 3 is 2.46 bits per heavy atom. The van der Waals surface area contributed by atoms with Crippen molar-refractivity contribution >= 4 is 11.7 Å². The lowest BCUT2D eigenvalue weighted by molar-refractivity contribution is 0.0697. The molecule has 28 heavy (non-hydrogen) atoms. The lowest BCUT2D eigenvalue weighted by Gasteiger charge is -2.38. The first kappa shape index (κ1) is 16.8. The van der Waals surface area contributed by atoms with Crippen LogP contribution in [0.15, 0.2) is 84.9 Å². The Labute approximate surface area is 164 Å². The van der Waals surface area contributed by atoms with E-state index in [1.165, 1.54) is 22.4 Å². The first-order chi connectivity index (χ1) is 13.7. The highest BCUT2D eigenvalue weighted by atomic mass is 16.4. The number of fused-ring (bicyclic) bond motifs is 3. The van der Waals surface area contributed by atoms with Gasteiger partial charge in [-0.3, -0.25) is 0 Å². The van der Waals surface area contributed by atoms with E-state index in [4.69, 9.17) is 0 Å². The number of benzene rings is 3. The lowest BCUT2D eigenvalue weighted by atomic mass is 9.76. The first-order valence-corrected chi connectivity index (χ1v) is 9.67. The molecule has 0 fully saturated rings. The second-order valence-electron chi connectivity index (χ2n) is 7.54. The van der Waals surface area contributed by atoms with Crippen molar-refractivity contribution in [3.05, 3.63) is 102 Å². The highest BCUT2D eigenvalue weighted by molar-refractivity contribution is 5.87. The van der Waals surface area contributed by atoms with Gasteiger partial charge in [0.05, 0.1) is 11.6 Å². The molecule has 2 aliphatic rings. The van der Waals surface area contributed by atoms with Gasteiger partial charge in [-0.15, -0.1) is 0 Å². The average Bonchev–Trinajstić information content (AvgIpc) is 3.24. The quantitative estimate of drug-likeness (QED) is 0.569. The SMILES string of the molecule is O=C(O)c1ccc([C@H]2Nc3c(-c4ccccc4)cccc3C3C=CCC32)cc1. The molecular weight excluding hydrogens is 346 g/mol. The van der Waals surface area contributed by atoms with Crippen LogP contribution in [0.5, 0.6) is 0 Å². The number of allylic oxidation sites excluding steroid dienone is 2. The molecule has 3 heteroatoms. The molecule has 0 radical (unpaired) electrons. The van der Waals surface area contributed by atoms with E-state index in [1.54, 1.807) is 12.1 Å². The van der Waals surface area contributed by atoms with Gasteiger partial charge in [-0.2, -0.15) is 0 Å². The van der Waals surface area contributed by atoms with Gasteiger partial charge in [-0.1, -0.05) is 72.8 Å². The molecule has 0 aromatic heterocycles. The lowest BCUT2D eigenvalue weighted by Crippen LogP contribution is -2.29. The van der Waals surface area contributed by atoms with E-state index in [2.05, 4.69) is 59.9 Å². The predicted molar refractivity (Wildman–Crippen MR) is 112 cm³/mol. The zero-order valence-corrected chi connectivity index (χ0v) is 15.4. The number of para-hydroxylation sites is 1. The van der Waals surface area contributed by atoms with E-state index in [1.807, 2.05) is 18.2 Å². The number of carboxylic acids is 1. The summed E-state index contributed by atoms with van der Waals surface area (Å²) in [6.45, 7) is 0. The summed E-state index contributed by atoms with van der Waals surface area (Å²) >= 11 is 0. The third-order valence-corrected chi connectivity index (χ3v) is 6.00. The molecule has 3 nitrogen and oxygen atoms in total. The van der Waals surface area contributed by atoms with E-state index < -0.39 is 5.97 Å². The summed E-state index contributed by atoms with van der Waals surface area (Å²) in [4.78, 5) is 11.2. The normalized spacial score (nSPS) is 22.2. The summed E-state index contributed by atoms with van der Waals surface area (Å²) in [7, 11) is 0. The molecule has 0 bridgehead atoms. The van der Waals surface area contributed by atoms with Crippen LogP contribution in [0.4, 0.5) is 5.69 Å². The summed E-state index contributed by atoms with van der Waals surface area (Å²) in [6.07, 6.45) is 5.63. The van der Waals surface area contributed by atoms with Gasteiger partial charge in [0.1, 0.15) is 0 Å². The molecule has 138 valence electrons. The Kier molecular flexibility index (Phi) is 4.01. The topological polar surface area (TPSA) is 49.3 Å². The van der Waals surface area contributed by atoms with Crippen LogP contribution in [0.25, 0.3) is 11.1 Å². The Hall–Kier alpha value is -3.33. The van der Waals surface area contributed by atoms with Crippen LogP contribution < -0.4 is 5.32 Å². The number of anilines is 1. The van der Waals surface area contributed by atoms with Crippen molar-refractivity contribution in [3.63, 3.8) is 0 Å². The van der Waals surface area contributed by atoms with Gasteiger partial charge in [0.2, 0.25) is 0 Å². The highest BCUT2D eigenvalue weighted by Crippen LogP contribution is 2.52. The third kappa shape index (κ3) is 2.71. The fourth-order valence-corrected chi connectivity index (χ4v) is 4.64. The van der Waals surface area contributed by atoms with Gasteiger partial charge < -0.3 is 10.4 Å². The van der Waals surface area contributed by atoms with Crippen molar-refractivity contribution in [1.82, 2.24) is 0 Å². The van der Waals surface area contributed by atoms with Gasteiger partial charge in [0.25, 0.3) is 0 Å². The standard InChI is InChI=1S/C25H21NO2/c27-25(28)18-14-12-17(13-15-18)23-21-10-5-9-20(21)22-11-4-8-19(24(22)26-23)16-6-2-1-3-7-16/h1-9,11-15,20-21,23,26H,10H2,(H,27,28)/t20?,21?,23-/m1/s1. The smallest absolute Gasteiger partial charge is 0.335 e. The zero-order valence-electron chi connectivity index (χ0n) is 15.4. The number of aromatic carboxylic acids is 1. The summed E-state index contributed by atoms with van der Waals surface area (Å²) in [6, 6.07) is 24.5. The van der Waals surface area contributed by atoms with E-state index in [0.29, 0.717) is 17.4 Å². The molecule has 1 aliphatic heterocycles. The molecule has 5 rings (SSSR count). The number of nitrogens with one attached hydrogen (secondary N) is 1. The monoisotopic (exact) mass is 367 g/mol. The van der Waals surface area contributed by atoms with Crippen molar-refractivity contribution < 1.29 is 9.90 Å². The predicted octanol–water partition coefficient (Wildman–Crippen LogP) is 5.88. The van der Waals surface area contributed by atoms with Crippen LogP contribution in [0.3, 0.4) is 0 Å². The van der Waals surface area contributed by atoms with Gasteiger partial charge in [-0.25, -0.2) is 4.79 Å². The van der Waals surface area contributed by atoms with Crippen LogP contribution in [0, 0.1) is 5.92 Å². The van der Waals surface area contributed by atoms with Crippen molar-refractivity contribution in [2.75, 3.05) is 5.32 Å². The number of carbonyl (C=O) groups is 1. The molecule has 0 amide bonds. The minimum absolute atomic E-state index is 0.153. The number of carboxylic acid groups (broad SMARTS) is 1. The zero-order chi connectivity index (χ0) is 19.1. The Bertz CT molecular complexity index is 1050. The van der Waals surface area contributed by atoms with E-state index in [0.717, 1.165) is 12.0 Å². The van der Waals surface area contributed by atoms with Crippen LogP contribution in [0.2, 0.25) is 0 Å². The molecule has 3 aromatic rings. The van der Waals surface area contributed by atoms with Gasteiger partial charge in [0, 0.05) is 17.2 Å². The maximum Gasteiger partial charge on any atom is 0.335 e. The summed E-state index contributed by atoms with van der Waals surface area (Å²) in [5.41, 5.74) is 6.41. The maximum absolute atomic E-state index is 11.2. The third-order valence-electron chi connectivity index (χ3n) is 6.00. The van der Waals surface area contributed by atoms with E-state index in [-0.39, 0.29) is 6.04 Å². The van der Waals surface area contributed by atoms with Crippen LogP contribution in [-0.4, -0.2) is 11.1 Å². The van der Waals surface area contributed by atoms with Gasteiger partial charge >= 0.3 is 5.97 Å². The largest absolute Gasteiger partial charge is 0.478 e. The second kappa shape index (κ2) is 6.68. The minimum Gasteiger partial charge on any atom is -0.478 e. The Morgan fingerprint density at radius 1 is 0.929 bits per heavy atom. The molecule has 3 aromatic carbocycles. The van der Waals surface area contributed by atoms with Crippen LogP contribution in [-0.2, 0) is 0 Å². The van der Waals surface area contributed by atoms with Crippen molar-refractivity contribution in [2.45, 2.75) is 18.4 Å². The number of hydrogen-bond donors (Lipinski definition) is 2. The first-order valence-electron chi connectivity index (χ1n) is 9.67. The summed E-state index contributed by atoms with van der Waals surface area (Å²) in [5, 5.41) is 13.0. The molecule has 0 saturated heterocycles. The van der Waals surface area contributed by atoms with Crippen molar-refractivity contribution in [1.29, 1.82) is 0 Å². The molecule has 1 heterocycles. The molecule has 2 unspecified atom stereocenters. The summed E-state index contributed by atoms with van der Waals surface area (Å²) < 4.78 is 0. The molecule has 3 atom stereocenters. The highest BCUT2D eigenvalue weighted by Gasteiger charge is 2.38. The average molecular weight is 367 g/mol. The molecule has 0 saturated carbocycles. The fourth-order valence-electron chi connectivity index (χ4n) is 4.64. The summed E-state index contributed by atoms with van der Waals surface area (Å²) in [5.74, 6) is -0.0708. The van der Waals surface area contributed by atoms with E-state index >= 15 is 0 Å². The van der Waals surface area contributed by atoms with Gasteiger partial charge in [-0.05, 0) is 41.2 Å². The fraction of sp³-hybridized carbons (Fsp3) is 0.160. The Balaban J connectivity index is 1.60. The molecule has 1 aliphatic carbocycles. The Morgan fingerprint density at radius 2 is 1.71 bits per heavy atom. The molecular formula is C25H21NO2. The second-order valence-corrected chi connectivity index (χ2v) is 7.54. The molecule has 0 spiro atoms. The number of hydrogen-bond acceptors (Lipinski definition) is 2. The van der Waals surface area contributed by atoms with Crippen LogP contribution >= 0.6 is 0 Å². The van der Waals surface area contributed by atoms with Crippen molar-refractivity contribution in [2.24, 2.45) is 5.92 Å². The van der Waals surface area contributed by atoms with Gasteiger partial charge in [0.15, 0.2) is 0 Å². The number of rotatable bonds is 3. The van der Waals surface area contributed by atoms with Crippen LogP contribution in [0.1, 0.15) is 39.9 Å². The maximum atomic E-state index is 11.2. The molecule has 2 N–H and O–H groups in total.